The third kappa shape index (κ3) is 1.59. The molecular weight excluding hydrogens is 162 g/mol. The molecule has 0 saturated carbocycles. The van der Waals surface area contributed by atoms with E-state index in [-0.39, 0.29) is 24.1 Å². The minimum atomic E-state index is -0.380. The van der Waals surface area contributed by atoms with E-state index in [1.807, 2.05) is 0 Å². The van der Waals surface area contributed by atoms with E-state index >= 15 is 0 Å². The quantitative estimate of drug-likeness (QED) is 0.379. The molecule has 52 valence electrons. The predicted molar refractivity (Wildman–Crippen MR) is 37.5 cm³/mol. The average Bonchev–Trinajstić information content (AvgIpc) is 1.98. The first-order valence-corrected chi connectivity index (χ1v) is 3.10. The molecule has 1 saturated heterocycles. The summed E-state index contributed by atoms with van der Waals surface area (Å²) in [6.45, 7) is 0. The highest BCUT2D eigenvalue weighted by atomic mass is 35.5. The van der Waals surface area contributed by atoms with Gasteiger partial charge < -0.3 is 0 Å². The zero-order valence-corrected chi connectivity index (χ0v) is 6.42. The van der Waals surface area contributed by atoms with Gasteiger partial charge in [-0.15, -0.1) is 12.4 Å². The number of likely N-dealkylation sites (N-methyl/N-ethyl adjacent to an activating group) is 1. The lowest BCUT2D eigenvalue weighted by Crippen LogP contribution is -2.19. The minimum absolute atomic E-state index is 0. The fourth-order valence-corrected chi connectivity index (χ4v) is 1.10. The van der Waals surface area contributed by atoms with Crippen molar-refractivity contribution in [2.75, 3.05) is 12.8 Å². The molecule has 1 heterocycles. The Morgan fingerprint density at radius 3 is 2.22 bits per heavy atom. The second-order valence-electron chi connectivity index (χ2n) is 1.50. The fraction of sp³-hybridized carbons (Fsp3) is 0.500. The van der Waals surface area contributed by atoms with Crippen molar-refractivity contribution in [1.82, 2.24) is 4.31 Å². The molecule has 0 aromatic heterocycles. The minimum Gasteiger partial charge on any atom is -0.288 e. The van der Waals surface area contributed by atoms with Crippen molar-refractivity contribution in [2.24, 2.45) is 0 Å². The first-order chi connectivity index (χ1) is 3.72. The smallest absolute Gasteiger partial charge is 0.288 e. The van der Waals surface area contributed by atoms with Gasteiger partial charge in [0.25, 0.3) is 5.91 Å². The molecule has 1 aliphatic rings. The third-order valence-electron chi connectivity index (χ3n) is 0.914. The van der Waals surface area contributed by atoms with Crippen LogP contribution in [0.3, 0.4) is 0 Å². The van der Waals surface area contributed by atoms with Gasteiger partial charge >= 0.3 is 0 Å². The molecule has 0 spiro atoms. The number of amides is 1. The van der Waals surface area contributed by atoms with Gasteiger partial charge in [0.1, 0.15) is 0 Å². The van der Waals surface area contributed by atoms with Crippen LogP contribution in [0.1, 0.15) is 0 Å². The molecule has 3 nitrogen and oxygen atoms in total. The van der Waals surface area contributed by atoms with E-state index in [4.69, 9.17) is 0 Å². The number of carbonyl (C=O) groups excluding carboxylic acids is 2. The number of halogens is 1. The molecule has 0 radical (unpaired) electrons. The molecule has 9 heavy (non-hydrogen) atoms. The maximum atomic E-state index is 10.5. The van der Waals surface area contributed by atoms with Crippen molar-refractivity contribution >= 4 is 36.0 Å². The SMILES string of the molecule is CN1SCC(=O)C1=O.Cl. The number of nitrogens with zero attached hydrogens (tertiary/aromatic N) is 1. The van der Waals surface area contributed by atoms with Crippen LogP contribution in [0.25, 0.3) is 0 Å². The van der Waals surface area contributed by atoms with Crippen molar-refractivity contribution < 1.29 is 9.59 Å². The normalized spacial score (nSPS) is 18.1. The van der Waals surface area contributed by atoms with Gasteiger partial charge in [-0.1, -0.05) is 0 Å². The lowest BCUT2D eigenvalue weighted by molar-refractivity contribution is -0.138. The molecule has 1 rings (SSSR count). The van der Waals surface area contributed by atoms with E-state index in [1.54, 1.807) is 7.05 Å². The molecular formula is C4H6ClNO2S. The van der Waals surface area contributed by atoms with Crippen LogP contribution in [0.4, 0.5) is 0 Å². The van der Waals surface area contributed by atoms with Gasteiger partial charge in [0, 0.05) is 7.05 Å². The Hall–Kier alpha value is -0.220. The van der Waals surface area contributed by atoms with E-state index in [2.05, 4.69) is 0 Å². The van der Waals surface area contributed by atoms with Gasteiger partial charge in [-0.3, -0.25) is 13.9 Å². The zero-order chi connectivity index (χ0) is 6.15. The summed E-state index contributed by atoms with van der Waals surface area (Å²) in [5, 5.41) is 0. The Kier molecular flexibility index (Phi) is 3.00. The van der Waals surface area contributed by atoms with Crippen molar-refractivity contribution in [3.8, 4) is 0 Å². The highest BCUT2D eigenvalue weighted by Gasteiger charge is 2.26. The van der Waals surface area contributed by atoms with Crippen molar-refractivity contribution in [3.63, 3.8) is 0 Å². The van der Waals surface area contributed by atoms with Gasteiger partial charge in [-0.2, -0.15) is 0 Å². The van der Waals surface area contributed by atoms with Crippen molar-refractivity contribution in [2.45, 2.75) is 0 Å². The predicted octanol–water partition coefficient (Wildman–Crippen LogP) is 0.0975. The van der Waals surface area contributed by atoms with Crippen LogP contribution in [0.2, 0.25) is 0 Å². The molecule has 0 bridgehead atoms. The van der Waals surface area contributed by atoms with E-state index in [0.29, 0.717) is 5.75 Å². The van der Waals surface area contributed by atoms with Crippen LogP contribution in [0.5, 0.6) is 0 Å². The summed E-state index contributed by atoms with van der Waals surface area (Å²) in [6, 6.07) is 0. The first-order valence-electron chi connectivity index (χ1n) is 2.15. The summed E-state index contributed by atoms with van der Waals surface area (Å²) >= 11 is 1.25. The number of hydrogen-bond acceptors (Lipinski definition) is 3. The maximum absolute atomic E-state index is 10.5. The van der Waals surface area contributed by atoms with Crippen LogP contribution >= 0.6 is 24.4 Å². The highest BCUT2D eigenvalue weighted by molar-refractivity contribution is 7.99. The van der Waals surface area contributed by atoms with Crippen LogP contribution in [-0.4, -0.2) is 28.8 Å². The second kappa shape index (κ2) is 3.08. The van der Waals surface area contributed by atoms with E-state index in [9.17, 15) is 9.59 Å². The Morgan fingerprint density at radius 2 is 2.11 bits per heavy atom. The number of hydrogen-bond donors (Lipinski definition) is 0. The molecule has 0 atom stereocenters. The van der Waals surface area contributed by atoms with Crippen molar-refractivity contribution in [1.29, 1.82) is 0 Å². The number of Topliss-reactive ketones (excluding diaryl/α,β-unsaturated/α-hetero) is 1. The van der Waals surface area contributed by atoms with Crippen LogP contribution in [-0.2, 0) is 9.59 Å². The van der Waals surface area contributed by atoms with Crippen LogP contribution < -0.4 is 0 Å². The first kappa shape index (κ1) is 8.78. The molecule has 1 fully saturated rings. The molecule has 0 aromatic rings. The molecule has 0 aliphatic carbocycles. The standard InChI is InChI=1S/C4H5NO2S.ClH/c1-5-4(7)3(6)2-8-5;/h2H2,1H3;1H. The lowest BCUT2D eigenvalue weighted by atomic mass is 10.4. The summed E-state index contributed by atoms with van der Waals surface area (Å²) in [5.74, 6) is -0.359. The maximum Gasteiger partial charge on any atom is 0.300 e. The summed E-state index contributed by atoms with van der Waals surface area (Å²) in [7, 11) is 1.60. The van der Waals surface area contributed by atoms with E-state index in [0.717, 1.165) is 0 Å². The van der Waals surface area contributed by atoms with Gasteiger partial charge in [-0.25, -0.2) is 0 Å². The number of rotatable bonds is 0. The third-order valence-corrected chi connectivity index (χ3v) is 1.86. The van der Waals surface area contributed by atoms with Crippen LogP contribution in [0.15, 0.2) is 0 Å². The zero-order valence-electron chi connectivity index (χ0n) is 4.79. The number of carbonyl (C=O) groups is 2. The Balaban J connectivity index is 0.000000640. The summed E-state index contributed by atoms with van der Waals surface area (Å²) < 4.78 is 1.35. The summed E-state index contributed by atoms with van der Waals surface area (Å²) in [6.07, 6.45) is 0. The molecule has 1 amide bonds. The van der Waals surface area contributed by atoms with Gasteiger partial charge in [0.15, 0.2) is 0 Å². The number of ketones is 1. The molecule has 0 aromatic carbocycles. The average molecular weight is 168 g/mol. The monoisotopic (exact) mass is 167 g/mol. The molecule has 0 unspecified atom stereocenters. The Morgan fingerprint density at radius 1 is 1.56 bits per heavy atom. The summed E-state index contributed by atoms with van der Waals surface area (Å²) in [4.78, 5) is 20.8. The highest BCUT2D eigenvalue weighted by Crippen LogP contribution is 2.14. The molecule has 0 N–H and O–H groups in total. The van der Waals surface area contributed by atoms with Crippen molar-refractivity contribution in [3.05, 3.63) is 0 Å². The van der Waals surface area contributed by atoms with Gasteiger partial charge in [0.2, 0.25) is 5.78 Å². The Bertz CT molecular complexity index is 150. The fourth-order valence-electron chi connectivity index (χ4n) is 0.451. The topological polar surface area (TPSA) is 37.4 Å². The van der Waals surface area contributed by atoms with Crippen LogP contribution in [0, 0.1) is 0 Å². The molecule has 1 aliphatic heterocycles. The second-order valence-corrected chi connectivity index (χ2v) is 2.59. The van der Waals surface area contributed by atoms with E-state index in [1.165, 1.54) is 16.3 Å². The summed E-state index contributed by atoms with van der Waals surface area (Å²) in [5.41, 5.74) is 0. The lowest BCUT2D eigenvalue weighted by Gasteiger charge is -1.99. The molecule has 5 heteroatoms. The van der Waals surface area contributed by atoms with Gasteiger partial charge in [-0.05, 0) is 11.9 Å². The largest absolute Gasteiger partial charge is 0.300 e. The Labute approximate surface area is 63.3 Å². The van der Waals surface area contributed by atoms with Gasteiger partial charge in [0.05, 0.1) is 5.75 Å². The van der Waals surface area contributed by atoms with E-state index < -0.39 is 0 Å².